The molecule has 0 N–H and O–H groups in total. The molecule has 0 aromatic heterocycles. The van der Waals surface area contributed by atoms with Crippen LogP contribution in [0.25, 0.3) is 0 Å². The molecule has 2 heterocycles. The van der Waals surface area contributed by atoms with Crippen molar-refractivity contribution in [2.24, 2.45) is 5.92 Å². The molecule has 1 fully saturated rings. The largest absolute Gasteiger partial charge is 0.482 e. The molecule has 0 amide bonds. The maximum absolute atomic E-state index is 11.0. The maximum atomic E-state index is 11.0. The van der Waals surface area contributed by atoms with Gasteiger partial charge in [-0.1, -0.05) is 18.2 Å². The van der Waals surface area contributed by atoms with E-state index in [1.807, 2.05) is 6.07 Å². The lowest BCUT2D eigenvalue weighted by molar-refractivity contribution is -0.141. The molecular formula is C24H31NO6. The van der Waals surface area contributed by atoms with Gasteiger partial charge in [-0.2, -0.15) is 0 Å². The molecular weight excluding hydrogens is 398 g/mol. The van der Waals surface area contributed by atoms with E-state index >= 15 is 0 Å². The number of piperidine rings is 1. The van der Waals surface area contributed by atoms with Crippen LogP contribution in [0.3, 0.4) is 0 Å². The van der Waals surface area contributed by atoms with Gasteiger partial charge in [0.1, 0.15) is 12.2 Å². The molecule has 168 valence electrons. The molecule has 0 radical (unpaired) electrons. The van der Waals surface area contributed by atoms with Gasteiger partial charge >= 0.3 is 5.97 Å². The van der Waals surface area contributed by atoms with Crippen LogP contribution in [0.4, 0.5) is 0 Å². The van der Waals surface area contributed by atoms with Crippen LogP contribution in [0.5, 0.6) is 11.5 Å². The zero-order valence-electron chi connectivity index (χ0n) is 18.5. The SMILES string of the molecule is COCOc1ccc2c3c1OC1C(OCCCOC(C)=O)C=C[C@H]4[C@@H](C2)N(C)CC[C@]314. The Kier molecular flexibility index (Phi) is 5.44. The number of carbonyl (C=O) groups is 1. The number of likely N-dealkylation sites (N-methyl/N-ethyl adjacent to an activating group) is 1. The van der Waals surface area contributed by atoms with E-state index in [4.69, 9.17) is 23.7 Å². The van der Waals surface area contributed by atoms with Crippen molar-refractivity contribution in [2.45, 2.75) is 49.9 Å². The highest BCUT2D eigenvalue weighted by Crippen LogP contribution is 2.62. The fourth-order valence-electron chi connectivity index (χ4n) is 6.08. The van der Waals surface area contributed by atoms with Crippen molar-refractivity contribution in [1.29, 1.82) is 0 Å². The summed E-state index contributed by atoms with van der Waals surface area (Å²) in [5.74, 6) is 1.74. The topological polar surface area (TPSA) is 66.5 Å². The lowest BCUT2D eigenvalue weighted by atomic mass is 9.53. The first-order valence-corrected chi connectivity index (χ1v) is 11.1. The van der Waals surface area contributed by atoms with Crippen LogP contribution in [-0.2, 0) is 30.8 Å². The predicted molar refractivity (Wildman–Crippen MR) is 113 cm³/mol. The summed E-state index contributed by atoms with van der Waals surface area (Å²) in [7, 11) is 3.86. The molecule has 4 aliphatic rings. The second-order valence-electron chi connectivity index (χ2n) is 9.00. The molecule has 2 aliphatic carbocycles. The Morgan fingerprint density at radius 1 is 1.29 bits per heavy atom. The van der Waals surface area contributed by atoms with E-state index in [9.17, 15) is 4.79 Å². The number of carbonyl (C=O) groups excluding carboxylic acids is 1. The fraction of sp³-hybridized carbons (Fsp3) is 0.625. The number of nitrogens with zero attached hydrogens (tertiary/aromatic N) is 1. The molecule has 0 saturated carbocycles. The summed E-state index contributed by atoms with van der Waals surface area (Å²) in [5, 5.41) is 0. The minimum absolute atomic E-state index is 0.0891. The summed E-state index contributed by atoms with van der Waals surface area (Å²) in [6.07, 6.45) is 7.01. The quantitative estimate of drug-likeness (QED) is 0.272. The third kappa shape index (κ3) is 3.25. The van der Waals surface area contributed by atoms with E-state index in [2.05, 4.69) is 30.2 Å². The van der Waals surface area contributed by atoms with E-state index in [0.717, 1.165) is 30.9 Å². The maximum Gasteiger partial charge on any atom is 0.302 e. The summed E-state index contributed by atoms with van der Waals surface area (Å²) >= 11 is 0. The first kappa shape index (κ1) is 20.8. The first-order chi connectivity index (χ1) is 15.1. The van der Waals surface area contributed by atoms with Crippen LogP contribution in [0.2, 0.25) is 0 Å². The Morgan fingerprint density at radius 2 is 2.16 bits per heavy atom. The van der Waals surface area contributed by atoms with Crippen LogP contribution in [0.1, 0.15) is 30.9 Å². The van der Waals surface area contributed by atoms with Gasteiger partial charge in [0, 0.05) is 43.4 Å². The lowest BCUT2D eigenvalue weighted by Gasteiger charge is -2.56. The van der Waals surface area contributed by atoms with Crippen molar-refractivity contribution in [3.8, 4) is 11.5 Å². The average molecular weight is 430 g/mol. The van der Waals surface area contributed by atoms with Gasteiger partial charge in [0.2, 0.25) is 0 Å². The number of hydrogen-bond acceptors (Lipinski definition) is 7. The number of rotatable bonds is 8. The summed E-state index contributed by atoms with van der Waals surface area (Å²) in [4.78, 5) is 13.5. The third-order valence-corrected chi connectivity index (χ3v) is 7.35. The summed E-state index contributed by atoms with van der Waals surface area (Å²) in [5.41, 5.74) is 2.58. The van der Waals surface area contributed by atoms with Crippen LogP contribution < -0.4 is 9.47 Å². The minimum atomic E-state index is -0.260. The van der Waals surface area contributed by atoms with Gasteiger partial charge in [0.05, 0.1) is 13.2 Å². The van der Waals surface area contributed by atoms with Crippen molar-refractivity contribution in [1.82, 2.24) is 4.90 Å². The normalized spacial score (nSPS) is 32.4. The van der Waals surface area contributed by atoms with Gasteiger partial charge < -0.3 is 28.6 Å². The van der Waals surface area contributed by atoms with E-state index < -0.39 is 0 Å². The molecule has 31 heavy (non-hydrogen) atoms. The van der Waals surface area contributed by atoms with Gasteiger partial charge in [0.25, 0.3) is 0 Å². The number of methoxy groups -OCH3 is 1. The van der Waals surface area contributed by atoms with Crippen LogP contribution >= 0.6 is 0 Å². The first-order valence-electron chi connectivity index (χ1n) is 11.1. The highest BCUT2D eigenvalue weighted by atomic mass is 16.7. The van der Waals surface area contributed by atoms with Gasteiger partial charge in [-0.25, -0.2) is 0 Å². The summed E-state index contributed by atoms with van der Waals surface area (Å²) in [6, 6.07) is 4.68. The molecule has 2 unspecified atom stereocenters. The molecule has 1 saturated heterocycles. The van der Waals surface area contributed by atoms with Crippen molar-refractivity contribution in [3.63, 3.8) is 0 Å². The van der Waals surface area contributed by atoms with E-state index in [0.29, 0.717) is 31.6 Å². The predicted octanol–water partition coefficient (Wildman–Crippen LogP) is 2.45. The van der Waals surface area contributed by atoms with Crippen LogP contribution in [0.15, 0.2) is 24.3 Å². The molecule has 5 rings (SSSR count). The van der Waals surface area contributed by atoms with Crippen molar-refractivity contribution < 1.29 is 28.5 Å². The molecule has 7 heteroatoms. The average Bonchev–Trinajstić information content (AvgIpc) is 3.11. The Balaban J connectivity index is 1.46. The highest BCUT2D eigenvalue weighted by Gasteiger charge is 2.64. The monoisotopic (exact) mass is 429 g/mol. The molecule has 5 atom stereocenters. The van der Waals surface area contributed by atoms with Crippen LogP contribution in [0, 0.1) is 5.92 Å². The molecule has 7 nitrogen and oxygen atoms in total. The van der Waals surface area contributed by atoms with Crippen molar-refractivity contribution >= 4 is 5.97 Å². The lowest BCUT2D eigenvalue weighted by Crippen LogP contribution is -2.65. The zero-order valence-corrected chi connectivity index (χ0v) is 18.5. The Bertz CT molecular complexity index is 885. The second kappa shape index (κ2) is 8.11. The van der Waals surface area contributed by atoms with Crippen molar-refractivity contribution in [2.75, 3.05) is 40.7 Å². The third-order valence-electron chi connectivity index (χ3n) is 7.35. The Hall–Kier alpha value is -2.09. The standard InChI is InChI=1S/C24H31NO6/c1-15(26)28-11-4-12-29-20-8-6-17-18-13-16-5-7-19(30-14-27-3)22-21(16)24(17,23(20)31-22)9-10-25(18)2/h5-8,17-18,20,23H,4,9-14H2,1-3H3/t17-,18+,20?,23?,24-/m0/s1. The van der Waals surface area contributed by atoms with E-state index in [-0.39, 0.29) is 30.4 Å². The molecule has 1 aromatic carbocycles. The van der Waals surface area contributed by atoms with E-state index in [1.165, 1.54) is 18.1 Å². The number of benzene rings is 1. The highest BCUT2D eigenvalue weighted by molar-refractivity contribution is 5.65. The molecule has 2 aliphatic heterocycles. The van der Waals surface area contributed by atoms with Gasteiger partial charge in [-0.15, -0.1) is 0 Å². The Morgan fingerprint density at radius 3 is 2.97 bits per heavy atom. The second-order valence-corrected chi connectivity index (χ2v) is 9.00. The molecule has 1 spiro atoms. The van der Waals surface area contributed by atoms with Crippen molar-refractivity contribution in [3.05, 3.63) is 35.4 Å². The van der Waals surface area contributed by atoms with Crippen LogP contribution in [-0.4, -0.2) is 69.8 Å². The number of ether oxygens (including phenoxy) is 5. The van der Waals surface area contributed by atoms with Gasteiger partial charge in [0.15, 0.2) is 18.3 Å². The molecule has 2 bridgehead atoms. The van der Waals surface area contributed by atoms with E-state index in [1.54, 1.807) is 7.11 Å². The number of esters is 1. The van der Waals surface area contributed by atoms with Gasteiger partial charge in [-0.3, -0.25) is 4.79 Å². The summed E-state index contributed by atoms with van der Waals surface area (Å²) in [6.45, 7) is 3.54. The summed E-state index contributed by atoms with van der Waals surface area (Å²) < 4.78 is 29.0. The molecule has 1 aromatic rings. The zero-order chi connectivity index (χ0) is 21.6. The number of likely N-dealkylation sites (tertiary alicyclic amines) is 1. The fourth-order valence-corrected chi connectivity index (χ4v) is 6.08. The number of hydrogen-bond donors (Lipinski definition) is 0. The minimum Gasteiger partial charge on any atom is -0.482 e. The Labute approximate surface area is 183 Å². The smallest absolute Gasteiger partial charge is 0.302 e. The van der Waals surface area contributed by atoms with Gasteiger partial charge in [-0.05, 0) is 38.1 Å².